The number of aryl methyl sites for hydroxylation is 1. The number of hydrogen-bond acceptors (Lipinski definition) is 2. The molecule has 2 aromatic rings. The van der Waals surface area contributed by atoms with E-state index < -0.39 is 6.04 Å². The average Bonchev–Trinajstić information content (AvgIpc) is 2.87. The number of amides is 2. The van der Waals surface area contributed by atoms with Crippen molar-refractivity contribution in [3.8, 4) is 0 Å². The quantitative estimate of drug-likeness (QED) is 0.731. The second-order valence-corrected chi connectivity index (χ2v) is 7.63. The number of nitrogens with one attached hydrogen (secondary N) is 1. The maximum Gasteiger partial charge on any atom is 0.254 e. The average molecular weight is 405 g/mol. The van der Waals surface area contributed by atoms with Gasteiger partial charge < -0.3 is 10.2 Å². The summed E-state index contributed by atoms with van der Waals surface area (Å²) in [5, 5.41) is 3.85. The number of rotatable bonds is 6. The van der Waals surface area contributed by atoms with E-state index in [2.05, 4.69) is 12.2 Å². The van der Waals surface area contributed by atoms with E-state index in [4.69, 9.17) is 23.2 Å². The Hall–Kier alpha value is -2.04. The summed E-state index contributed by atoms with van der Waals surface area (Å²) in [4.78, 5) is 26.4. The maximum absolute atomic E-state index is 13.0. The number of nitrogens with zero attached hydrogens (tertiary/aromatic N) is 1. The fraction of sp³-hybridized carbons (Fsp3) is 0.333. The van der Waals surface area contributed by atoms with Crippen molar-refractivity contribution < 1.29 is 9.59 Å². The van der Waals surface area contributed by atoms with Crippen molar-refractivity contribution in [2.75, 3.05) is 4.90 Å². The third-order valence-corrected chi connectivity index (χ3v) is 5.30. The van der Waals surface area contributed by atoms with Crippen molar-refractivity contribution in [3.05, 3.63) is 63.1 Å². The summed E-state index contributed by atoms with van der Waals surface area (Å²) in [5.41, 5.74) is 3.63. The second-order valence-electron chi connectivity index (χ2n) is 6.79. The number of carbonyl (C=O) groups excluding carboxylic acids is 2. The lowest BCUT2D eigenvalue weighted by Gasteiger charge is -2.19. The van der Waals surface area contributed by atoms with E-state index in [0.717, 1.165) is 36.1 Å². The van der Waals surface area contributed by atoms with Gasteiger partial charge in [-0.1, -0.05) is 54.7 Å². The first-order valence-corrected chi connectivity index (χ1v) is 9.81. The highest BCUT2D eigenvalue weighted by molar-refractivity contribution is 6.35. The van der Waals surface area contributed by atoms with Crippen molar-refractivity contribution in [2.24, 2.45) is 0 Å². The van der Waals surface area contributed by atoms with Gasteiger partial charge in [0.05, 0.1) is 6.54 Å². The zero-order valence-electron chi connectivity index (χ0n) is 15.4. The number of halogens is 2. The summed E-state index contributed by atoms with van der Waals surface area (Å²) in [6, 6.07) is 10.6. The van der Waals surface area contributed by atoms with Crippen LogP contribution in [-0.4, -0.2) is 11.8 Å². The highest BCUT2D eigenvalue weighted by Crippen LogP contribution is 2.38. The fourth-order valence-electron chi connectivity index (χ4n) is 3.35. The molecule has 1 aliphatic rings. The normalized spacial score (nSPS) is 15.8. The number of benzene rings is 2. The van der Waals surface area contributed by atoms with Gasteiger partial charge in [0.15, 0.2) is 0 Å². The Balaban J connectivity index is 1.96. The SMILES string of the molecule is CCCCc1ccc2c(c1)[C@H](NC(C)=O)C(=O)N2Cc1ccc(Cl)cc1Cl. The third-order valence-electron chi connectivity index (χ3n) is 4.72. The molecule has 0 saturated carbocycles. The molecular formula is C21H22Cl2N2O2. The Bertz CT molecular complexity index is 882. The Kier molecular flexibility index (Phi) is 6.08. The summed E-state index contributed by atoms with van der Waals surface area (Å²) >= 11 is 12.3. The lowest BCUT2D eigenvalue weighted by Crippen LogP contribution is -2.36. The van der Waals surface area contributed by atoms with Crippen LogP contribution in [0.25, 0.3) is 0 Å². The molecule has 0 aliphatic carbocycles. The van der Waals surface area contributed by atoms with E-state index in [-0.39, 0.29) is 11.8 Å². The number of unbranched alkanes of at least 4 members (excludes halogenated alkanes) is 1. The predicted molar refractivity (Wildman–Crippen MR) is 109 cm³/mol. The van der Waals surface area contributed by atoms with Crippen LogP contribution in [0.1, 0.15) is 49.4 Å². The molecule has 0 saturated heterocycles. The zero-order valence-corrected chi connectivity index (χ0v) is 16.9. The molecule has 3 rings (SSSR count). The van der Waals surface area contributed by atoms with Gasteiger partial charge in [-0.05, 0) is 42.2 Å². The number of anilines is 1. The van der Waals surface area contributed by atoms with Gasteiger partial charge >= 0.3 is 0 Å². The molecule has 1 heterocycles. The van der Waals surface area contributed by atoms with Crippen molar-refractivity contribution in [2.45, 2.75) is 45.7 Å². The Morgan fingerprint density at radius 2 is 1.96 bits per heavy atom. The topological polar surface area (TPSA) is 49.4 Å². The number of carbonyl (C=O) groups is 2. The highest BCUT2D eigenvalue weighted by Gasteiger charge is 2.38. The molecule has 1 aliphatic heterocycles. The minimum Gasteiger partial charge on any atom is -0.341 e. The largest absolute Gasteiger partial charge is 0.341 e. The molecule has 1 atom stereocenters. The van der Waals surface area contributed by atoms with E-state index in [0.29, 0.717) is 16.6 Å². The van der Waals surface area contributed by atoms with Gasteiger partial charge in [0.2, 0.25) is 5.91 Å². The minimum absolute atomic E-state index is 0.154. The van der Waals surface area contributed by atoms with Gasteiger partial charge in [-0.3, -0.25) is 9.59 Å². The van der Waals surface area contributed by atoms with Crippen molar-refractivity contribution in [1.82, 2.24) is 5.32 Å². The smallest absolute Gasteiger partial charge is 0.254 e. The standard InChI is InChI=1S/C21H22Cl2N2O2/c1-3-4-5-14-6-9-19-17(10-14)20(24-13(2)26)21(27)25(19)12-15-7-8-16(22)11-18(15)23/h6-11,20H,3-5,12H2,1-2H3,(H,24,26)/t20-/m0/s1. The minimum atomic E-state index is -0.662. The van der Waals surface area contributed by atoms with Crippen molar-refractivity contribution in [1.29, 1.82) is 0 Å². The van der Waals surface area contributed by atoms with Gasteiger partial charge in [0.1, 0.15) is 6.04 Å². The van der Waals surface area contributed by atoms with Crippen LogP contribution < -0.4 is 10.2 Å². The maximum atomic E-state index is 13.0. The molecule has 4 nitrogen and oxygen atoms in total. The lowest BCUT2D eigenvalue weighted by atomic mass is 10.0. The summed E-state index contributed by atoms with van der Waals surface area (Å²) in [5.74, 6) is -0.386. The van der Waals surface area contributed by atoms with Gasteiger partial charge in [-0.25, -0.2) is 0 Å². The number of hydrogen-bond donors (Lipinski definition) is 1. The van der Waals surface area contributed by atoms with Crippen molar-refractivity contribution in [3.63, 3.8) is 0 Å². The zero-order chi connectivity index (χ0) is 19.6. The molecule has 2 amide bonds. The highest BCUT2D eigenvalue weighted by atomic mass is 35.5. The second kappa shape index (κ2) is 8.32. The van der Waals surface area contributed by atoms with Gasteiger partial charge in [0, 0.05) is 28.2 Å². The van der Waals surface area contributed by atoms with Gasteiger partial charge in [-0.15, -0.1) is 0 Å². The molecule has 27 heavy (non-hydrogen) atoms. The van der Waals surface area contributed by atoms with Crippen LogP contribution in [0.4, 0.5) is 5.69 Å². The summed E-state index contributed by atoms with van der Waals surface area (Å²) < 4.78 is 0. The molecule has 0 bridgehead atoms. The van der Waals surface area contributed by atoms with Crippen LogP contribution in [0, 0.1) is 0 Å². The van der Waals surface area contributed by atoms with Gasteiger partial charge in [-0.2, -0.15) is 0 Å². The van der Waals surface area contributed by atoms with Gasteiger partial charge in [0.25, 0.3) is 5.91 Å². The molecule has 2 aromatic carbocycles. The third kappa shape index (κ3) is 4.28. The molecule has 0 fully saturated rings. The summed E-state index contributed by atoms with van der Waals surface area (Å²) in [7, 11) is 0. The van der Waals surface area contributed by atoms with E-state index in [1.54, 1.807) is 17.0 Å². The molecule has 142 valence electrons. The Labute approximate surface area is 169 Å². The van der Waals surface area contributed by atoms with Crippen molar-refractivity contribution >= 4 is 40.7 Å². The van der Waals surface area contributed by atoms with Crippen LogP contribution >= 0.6 is 23.2 Å². The van der Waals surface area contributed by atoms with Crippen LogP contribution in [0.2, 0.25) is 10.0 Å². The van der Waals surface area contributed by atoms with E-state index in [1.807, 2.05) is 24.3 Å². The van der Waals surface area contributed by atoms with Crippen LogP contribution in [0.15, 0.2) is 36.4 Å². The fourth-order valence-corrected chi connectivity index (χ4v) is 3.82. The monoisotopic (exact) mass is 404 g/mol. The molecular weight excluding hydrogens is 383 g/mol. The first kappa shape index (κ1) is 19.7. The van der Waals surface area contributed by atoms with Crippen LogP contribution in [-0.2, 0) is 22.6 Å². The first-order chi connectivity index (χ1) is 12.9. The molecule has 6 heteroatoms. The molecule has 1 N–H and O–H groups in total. The Morgan fingerprint density at radius 1 is 1.19 bits per heavy atom. The molecule has 0 aromatic heterocycles. The summed E-state index contributed by atoms with van der Waals surface area (Å²) in [6.07, 6.45) is 3.14. The Morgan fingerprint density at radius 3 is 2.63 bits per heavy atom. The van der Waals surface area contributed by atoms with E-state index in [1.165, 1.54) is 12.5 Å². The van der Waals surface area contributed by atoms with E-state index in [9.17, 15) is 9.59 Å². The molecule has 0 radical (unpaired) electrons. The lowest BCUT2D eigenvalue weighted by molar-refractivity contribution is -0.126. The van der Waals surface area contributed by atoms with Crippen LogP contribution in [0.5, 0.6) is 0 Å². The van der Waals surface area contributed by atoms with E-state index >= 15 is 0 Å². The molecule has 0 spiro atoms. The summed E-state index contributed by atoms with van der Waals surface area (Å²) in [6.45, 7) is 3.90. The van der Waals surface area contributed by atoms with Crippen LogP contribution in [0.3, 0.4) is 0 Å². The predicted octanol–water partition coefficient (Wildman–Crippen LogP) is 5.06. The number of fused-ring (bicyclic) bond motifs is 1. The first-order valence-electron chi connectivity index (χ1n) is 9.06. The molecule has 0 unspecified atom stereocenters.